The van der Waals surface area contributed by atoms with Crippen LogP contribution in [0.1, 0.15) is 22.3 Å². The Hall–Kier alpha value is -2.55. The molecule has 1 amide bonds. The van der Waals surface area contributed by atoms with Gasteiger partial charge in [-0.15, -0.1) is 0 Å². The van der Waals surface area contributed by atoms with Gasteiger partial charge in [0.15, 0.2) is 0 Å². The molecule has 0 saturated heterocycles. The lowest BCUT2D eigenvalue weighted by Gasteiger charge is -2.08. The average molecular weight is 295 g/mol. The highest BCUT2D eigenvalue weighted by Gasteiger charge is 2.03. The Morgan fingerprint density at radius 1 is 1.18 bits per heavy atom. The summed E-state index contributed by atoms with van der Waals surface area (Å²) in [6.45, 7) is 4.54. The van der Waals surface area contributed by atoms with Gasteiger partial charge in [0.05, 0.1) is 7.11 Å². The average Bonchev–Trinajstić information content (AvgIpc) is 2.52. The van der Waals surface area contributed by atoms with Crippen molar-refractivity contribution in [2.45, 2.75) is 20.4 Å². The molecule has 0 aliphatic heterocycles. The fourth-order valence-corrected chi connectivity index (χ4v) is 2.27. The van der Waals surface area contributed by atoms with Crippen LogP contribution < -0.4 is 10.1 Å². The summed E-state index contributed by atoms with van der Waals surface area (Å²) < 4.78 is 5.26. The van der Waals surface area contributed by atoms with Gasteiger partial charge in [0.1, 0.15) is 5.75 Å². The highest BCUT2D eigenvalue weighted by atomic mass is 16.5. The third-order valence-electron chi connectivity index (χ3n) is 3.49. The molecule has 2 aromatic carbocycles. The number of hydrogen-bond donors (Lipinski definition) is 1. The van der Waals surface area contributed by atoms with E-state index in [1.807, 2.05) is 49.4 Å². The van der Waals surface area contributed by atoms with Crippen molar-refractivity contribution in [1.82, 2.24) is 5.32 Å². The van der Waals surface area contributed by atoms with E-state index in [-0.39, 0.29) is 5.91 Å². The first-order valence-corrected chi connectivity index (χ1v) is 7.25. The monoisotopic (exact) mass is 295 g/mol. The molecule has 2 aromatic rings. The fourth-order valence-electron chi connectivity index (χ4n) is 2.27. The number of hydrogen-bond acceptors (Lipinski definition) is 2. The molecule has 114 valence electrons. The first kappa shape index (κ1) is 15.8. The van der Waals surface area contributed by atoms with Gasteiger partial charge in [-0.05, 0) is 37.1 Å². The Morgan fingerprint density at radius 3 is 2.68 bits per heavy atom. The van der Waals surface area contributed by atoms with Crippen LogP contribution in [0.4, 0.5) is 0 Å². The number of aryl methyl sites for hydroxylation is 2. The molecule has 3 nitrogen and oxygen atoms in total. The molecular formula is C19H21NO2. The van der Waals surface area contributed by atoms with E-state index in [9.17, 15) is 4.79 Å². The topological polar surface area (TPSA) is 38.3 Å². The highest BCUT2D eigenvalue weighted by molar-refractivity contribution is 5.91. The normalized spacial score (nSPS) is 10.7. The van der Waals surface area contributed by atoms with Crippen LogP contribution in [-0.4, -0.2) is 13.0 Å². The summed E-state index contributed by atoms with van der Waals surface area (Å²) >= 11 is 0. The number of ether oxygens (including phenoxy) is 1. The maximum atomic E-state index is 11.9. The van der Waals surface area contributed by atoms with E-state index in [1.54, 1.807) is 13.2 Å². The van der Waals surface area contributed by atoms with Crippen molar-refractivity contribution >= 4 is 12.0 Å². The minimum atomic E-state index is -0.120. The van der Waals surface area contributed by atoms with Crippen molar-refractivity contribution in [2.75, 3.05) is 7.11 Å². The van der Waals surface area contributed by atoms with E-state index in [0.29, 0.717) is 6.54 Å². The van der Waals surface area contributed by atoms with Gasteiger partial charge in [0.2, 0.25) is 5.91 Å². The van der Waals surface area contributed by atoms with Gasteiger partial charge in [-0.1, -0.05) is 42.0 Å². The smallest absolute Gasteiger partial charge is 0.244 e. The first-order chi connectivity index (χ1) is 10.6. The second kappa shape index (κ2) is 7.46. The Bertz CT molecular complexity index is 690. The van der Waals surface area contributed by atoms with E-state index in [0.717, 1.165) is 22.4 Å². The molecule has 0 fully saturated rings. The SMILES string of the molecule is COc1ccccc1CNC(=O)/C=C/c1ccc(C)cc1C. The zero-order valence-electron chi connectivity index (χ0n) is 13.2. The number of carbonyl (C=O) groups is 1. The molecule has 0 aliphatic carbocycles. The number of para-hydroxylation sites is 1. The Labute approximate surface area is 131 Å². The zero-order chi connectivity index (χ0) is 15.9. The number of benzene rings is 2. The summed E-state index contributed by atoms with van der Waals surface area (Å²) in [5.74, 6) is 0.659. The van der Waals surface area contributed by atoms with Gasteiger partial charge >= 0.3 is 0 Å². The van der Waals surface area contributed by atoms with Crippen molar-refractivity contribution in [3.63, 3.8) is 0 Å². The lowest BCUT2D eigenvalue weighted by atomic mass is 10.1. The minimum Gasteiger partial charge on any atom is -0.496 e. The van der Waals surface area contributed by atoms with Crippen molar-refractivity contribution in [3.05, 3.63) is 70.8 Å². The Kier molecular flexibility index (Phi) is 5.37. The van der Waals surface area contributed by atoms with Crippen LogP contribution in [0.2, 0.25) is 0 Å². The summed E-state index contributed by atoms with van der Waals surface area (Å²) in [4.78, 5) is 11.9. The molecule has 0 atom stereocenters. The van der Waals surface area contributed by atoms with Gasteiger partial charge < -0.3 is 10.1 Å². The van der Waals surface area contributed by atoms with Crippen molar-refractivity contribution in [1.29, 1.82) is 0 Å². The molecule has 0 unspecified atom stereocenters. The zero-order valence-corrected chi connectivity index (χ0v) is 13.2. The molecule has 0 spiro atoms. The van der Waals surface area contributed by atoms with E-state index >= 15 is 0 Å². The molecule has 22 heavy (non-hydrogen) atoms. The highest BCUT2D eigenvalue weighted by Crippen LogP contribution is 2.16. The van der Waals surface area contributed by atoms with Crippen LogP contribution in [-0.2, 0) is 11.3 Å². The van der Waals surface area contributed by atoms with Crippen molar-refractivity contribution in [3.8, 4) is 5.75 Å². The van der Waals surface area contributed by atoms with Gasteiger partial charge in [0, 0.05) is 18.2 Å². The van der Waals surface area contributed by atoms with Crippen LogP contribution in [0.3, 0.4) is 0 Å². The van der Waals surface area contributed by atoms with E-state index < -0.39 is 0 Å². The summed E-state index contributed by atoms with van der Waals surface area (Å²) in [6.07, 6.45) is 3.40. The summed E-state index contributed by atoms with van der Waals surface area (Å²) in [5, 5.41) is 2.87. The lowest BCUT2D eigenvalue weighted by Crippen LogP contribution is -2.20. The largest absolute Gasteiger partial charge is 0.496 e. The second-order valence-electron chi connectivity index (χ2n) is 5.22. The number of amides is 1. The fraction of sp³-hybridized carbons (Fsp3) is 0.211. The van der Waals surface area contributed by atoms with Gasteiger partial charge in [0.25, 0.3) is 0 Å². The maximum absolute atomic E-state index is 11.9. The van der Waals surface area contributed by atoms with E-state index in [1.165, 1.54) is 5.56 Å². The first-order valence-electron chi connectivity index (χ1n) is 7.25. The summed E-state index contributed by atoms with van der Waals surface area (Å²) in [5.41, 5.74) is 4.39. The summed E-state index contributed by atoms with van der Waals surface area (Å²) in [6, 6.07) is 13.8. The maximum Gasteiger partial charge on any atom is 0.244 e. The molecule has 2 rings (SSSR count). The molecule has 0 radical (unpaired) electrons. The second-order valence-corrected chi connectivity index (χ2v) is 5.22. The van der Waals surface area contributed by atoms with Crippen LogP contribution >= 0.6 is 0 Å². The van der Waals surface area contributed by atoms with E-state index in [4.69, 9.17) is 4.74 Å². The number of rotatable bonds is 5. The molecule has 3 heteroatoms. The van der Waals surface area contributed by atoms with Crippen LogP contribution in [0.5, 0.6) is 5.75 Å². The van der Waals surface area contributed by atoms with Crippen molar-refractivity contribution in [2.24, 2.45) is 0 Å². The van der Waals surface area contributed by atoms with Gasteiger partial charge in [-0.3, -0.25) is 4.79 Å². The molecular weight excluding hydrogens is 274 g/mol. The number of methoxy groups -OCH3 is 1. The number of nitrogens with one attached hydrogen (secondary N) is 1. The molecule has 0 aromatic heterocycles. The predicted molar refractivity (Wildman–Crippen MR) is 89.8 cm³/mol. The van der Waals surface area contributed by atoms with Crippen LogP contribution in [0.15, 0.2) is 48.5 Å². The Morgan fingerprint density at radius 2 is 1.95 bits per heavy atom. The molecule has 1 N–H and O–H groups in total. The molecule has 0 bridgehead atoms. The molecule has 0 saturated carbocycles. The predicted octanol–water partition coefficient (Wildman–Crippen LogP) is 3.64. The molecule has 0 heterocycles. The Balaban J connectivity index is 1.97. The lowest BCUT2D eigenvalue weighted by molar-refractivity contribution is -0.116. The van der Waals surface area contributed by atoms with Gasteiger partial charge in [-0.25, -0.2) is 0 Å². The standard InChI is InChI=1S/C19H21NO2/c1-14-8-9-16(15(2)12-14)10-11-19(21)20-13-17-6-4-5-7-18(17)22-3/h4-12H,13H2,1-3H3,(H,20,21)/b11-10+. The van der Waals surface area contributed by atoms with E-state index in [2.05, 4.69) is 18.3 Å². The third kappa shape index (κ3) is 4.22. The van der Waals surface area contributed by atoms with Crippen LogP contribution in [0, 0.1) is 13.8 Å². The van der Waals surface area contributed by atoms with Crippen LogP contribution in [0.25, 0.3) is 6.08 Å². The van der Waals surface area contributed by atoms with Crippen molar-refractivity contribution < 1.29 is 9.53 Å². The minimum absolute atomic E-state index is 0.120. The third-order valence-corrected chi connectivity index (χ3v) is 3.49. The quantitative estimate of drug-likeness (QED) is 0.855. The number of carbonyl (C=O) groups excluding carboxylic acids is 1. The summed E-state index contributed by atoms with van der Waals surface area (Å²) in [7, 11) is 1.63. The molecule has 0 aliphatic rings. The van der Waals surface area contributed by atoms with Gasteiger partial charge in [-0.2, -0.15) is 0 Å².